The van der Waals surface area contributed by atoms with Crippen LogP contribution in [-0.4, -0.2) is 65.4 Å². The van der Waals surface area contributed by atoms with E-state index in [0.29, 0.717) is 30.1 Å². The number of benzene rings is 1. The van der Waals surface area contributed by atoms with Gasteiger partial charge in [-0.2, -0.15) is 5.10 Å². The van der Waals surface area contributed by atoms with E-state index in [1.54, 1.807) is 12.1 Å². The van der Waals surface area contributed by atoms with Crippen molar-refractivity contribution < 1.29 is 28.9 Å². The Bertz CT molecular complexity index is 1110. The lowest BCUT2D eigenvalue weighted by Crippen LogP contribution is -2.42. The largest absolute Gasteiger partial charge is 0.507 e. The smallest absolute Gasteiger partial charge is 0.407 e. The van der Waals surface area contributed by atoms with Crippen LogP contribution in [0.5, 0.6) is 17.2 Å². The van der Waals surface area contributed by atoms with Gasteiger partial charge in [-0.05, 0) is 46.5 Å². The number of aromatic hydroxyl groups is 1. The van der Waals surface area contributed by atoms with E-state index in [0.717, 1.165) is 25.0 Å². The van der Waals surface area contributed by atoms with Gasteiger partial charge in [0.15, 0.2) is 12.4 Å². The number of phenols is 1. The summed E-state index contributed by atoms with van der Waals surface area (Å²) < 4.78 is 16.4. The highest BCUT2D eigenvalue weighted by Gasteiger charge is 2.30. The summed E-state index contributed by atoms with van der Waals surface area (Å²) in [4.78, 5) is 28.8. The molecule has 2 atom stereocenters. The molecule has 1 saturated carbocycles. The molecule has 1 heterocycles. The summed E-state index contributed by atoms with van der Waals surface area (Å²) in [6.45, 7) is 8.00. The van der Waals surface area contributed by atoms with Crippen molar-refractivity contribution in [2.75, 3.05) is 25.6 Å². The fraction of sp³-hybridized carbons (Fsp3) is 0.538. The first-order valence-electron chi connectivity index (χ1n) is 12.5. The minimum atomic E-state index is -0.417. The summed E-state index contributed by atoms with van der Waals surface area (Å²) in [5.74, 6) is 0.724. The topological polar surface area (TPSA) is 147 Å². The fourth-order valence-electron chi connectivity index (χ4n) is 3.99. The van der Waals surface area contributed by atoms with Gasteiger partial charge >= 0.3 is 6.09 Å². The molecule has 1 unspecified atom stereocenters. The van der Waals surface area contributed by atoms with Crippen LogP contribution in [0.4, 0.5) is 10.6 Å². The SMILES string of the molecule is CCCN=Cc1c(O)cc(OC)cc1OCC(=O)Nc1cc([C@H]2CCC(OC(=O)NC(C)(C)C)C2)[nH]n1. The Balaban J connectivity index is 1.54. The quantitative estimate of drug-likeness (QED) is 0.348. The number of methoxy groups -OCH3 is 1. The maximum absolute atomic E-state index is 12.5. The maximum atomic E-state index is 12.5. The number of aromatic amines is 1. The predicted octanol–water partition coefficient (Wildman–Crippen LogP) is 4.13. The monoisotopic (exact) mass is 515 g/mol. The first-order chi connectivity index (χ1) is 17.6. The normalized spacial score (nSPS) is 17.5. The van der Waals surface area contributed by atoms with E-state index in [1.165, 1.54) is 19.4 Å². The molecule has 2 aromatic rings. The van der Waals surface area contributed by atoms with E-state index in [1.807, 2.05) is 27.7 Å². The number of alkyl carbamates (subject to hydrolysis) is 1. The van der Waals surface area contributed by atoms with Crippen LogP contribution in [-0.2, 0) is 9.53 Å². The van der Waals surface area contributed by atoms with Crippen molar-refractivity contribution in [1.82, 2.24) is 15.5 Å². The number of aromatic nitrogens is 2. The number of ether oxygens (including phenoxy) is 3. The molecule has 0 bridgehead atoms. The lowest BCUT2D eigenvalue weighted by atomic mass is 10.0. The molecule has 37 heavy (non-hydrogen) atoms. The van der Waals surface area contributed by atoms with Crippen molar-refractivity contribution in [2.24, 2.45) is 4.99 Å². The van der Waals surface area contributed by atoms with Crippen LogP contribution in [0, 0.1) is 0 Å². The third-order valence-corrected chi connectivity index (χ3v) is 5.70. The van der Waals surface area contributed by atoms with Crippen molar-refractivity contribution in [3.8, 4) is 17.2 Å². The van der Waals surface area contributed by atoms with Crippen LogP contribution in [0.3, 0.4) is 0 Å². The van der Waals surface area contributed by atoms with Crippen LogP contribution in [0.1, 0.15) is 70.6 Å². The van der Waals surface area contributed by atoms with E-state index in [4.69, 9.17) is 14.2 Å². The van der Waals surface area contributed by atoms with Crippen LogP contribution in [0.15, 0.2) is 23.2 Å². The fourth-order valence-corrected chi connectivity index (χ4v) is 3.99. The Morgan fingerprint density at radius 2 is 2.05 bits per heavy atom. The Kier molecular flexibility index (Phi) is 9.37. The van der Waals surface area contributed by atoms with Gasteiger partial charge in [0.1, 0.15) is 23.4 Å². The van der Waals surface area contributed by atoms with E-state index < -0.39 is 12.0 Å². The zero-order valence-electron chi connectivity index (χ0n) is 22.1. The molecular weight excluding hydrogens is 478 g/mol. The number of phenolic OH excluding ortho intramolecular Hbond substituents is 1. The highest BCUT2D eigenvalue weighted by Crippen LogP contribution is 2.36. The van der Waals surface area contributed by atoms with Crippen molar-refractivity contribution in [3.05, 3.63) is 29.5 Å². The van der Waals surface area contributed by atoms with E-state index in [2.05, 4.69) is 25.8 Å². The average molecular weight is 516 g/mol. The molecule has 1 aliphatic carbocycles. The number of amides is 2. The first kappa shape index (κ1) is 27.8. The molecule has 0 saturated heterocycles. The van der Waals surface area contributed by atoms with E-state index in [9.17, 15) is 14.7 Å². The van der Waals surface area contributed by atoms with Gasteiger partial charge in [0, 0.05) is 48.1 Å². The minimum Gasteiger partial charge on any atom is -0.507 e. The zero-order valence-corrected chi connectivity index (χ0v) is 22.1. The van der Waals surface area contributed by atoms with Gasteiger partial charge in [-0.15, -0.1) is 0 Å². The Hall–Kier alpha value is -3.76. The van der Waals surface area contributed by atoms with E-state index >= 15 is 0 Å². The second-order valence-corrected chi connectivity index (χ2v) is 10.1. The summed E-state index contributed by atoms with van der Waals surface area (Å²) in [7, 11) is 1.48. The number of nitrogens with one attached hydrogen (secondary N) is 3. The molecule has 2 amide bonds. The van der Waals surface area contributed by atoms with Crippen LogP contribution >= 0.6 is 0 Å². The second-order valence-electron chi connectivity index (χ2n) is 10.1. The third kappa shape index (κ3) is 8.40. The molecule has 4 N–H and O–H groups in total. The molecular formula is C26H37N5O6. The Morgan fingerprint density at radius 1 is 1.27 bits per heavy atom. The highest BCUT2D eigenvalue weighted by atomic mass is 16.6. The van der Waals surface area contributed by atoms with Gasteiger partial charge in [-0.25, -0.2) is 4.79 Å². The molecule has 1 aromatic carbocycles. The van der Waals surface area contributed by atoms with Crippen molar-refractivity contribution in [3.63, 3.8) is 0 Å². The maximum Gasteiger partial charge on any atom is 0.407 e. The third-order valence-electron chi connectivity index (χ3n) is 5.70. The zero-order chi connectivity index (χ0) is 27.0. The molecule has 0 radical (unpaired) electrons. The molecule has 1 aromatic heterocycles. The van der Waals surface area contributed by atoms with Crippen molar-refractivity contribution in [2.45, 2.75) is 70.9 Å². The number of rotatable bonds is 10. The van der Waals surface area contributed by atoms with Gasteiger partial charge in [-0.1, -0.05) is 6.92 Å². The van der Waals surface area contributed by atoms with Crippen LogP contribution < -0.4 is 20.1 Å². The summed E-state index contributed by atoms with van der Waals surface area (Å²) in [5, 5.41) is 23.0. The van der Waals surface area contributed by atoms with Gasteiger partial charge in [-0.3, -0.25) is 14.9 Å². The molecule has 0 spiro atoms. The Morgan fingerprint density at radius 3 is 2.76 bits per heavy atom. The van der Waals surface area contributed by atoms with Crippen molar-refractivity contribution in [1.29, 1.82) is 0 Å². The molecule has 11 heteroatoms. The summed E-state index contributed by atoms with van der Waals surface area (Å²) >= 11 is 0. The van der Waals surface area contributed by atoms with Gasteiger partial charge in [0.25, 0.3) is 5.91 Å². The number of carbonyl (C=O) groups excluding carboxylic acids is 2. The molecule has 1 aliphatic rings. The summed E-state index contributed by atoms with van der Waals surface area (Å²) in [6.07, 6.45) is 4.08. The molecule has 1 fully saturated rings. The molecule has 0 aliphatic heterocycles. The minimum absolute atomic E-state index is 0.0544. The lowest BCUT2D eigenvalue weighted by Gasteiger charge is -2.22. The number of hydrogen-bond acceptors (Lipinski definition) is 8. The number of anilines is 1. The number of hydrogen-bond donors (Lipinski definition) is 4. The lowest BCUT2D eigenvalue weighted by molar-refractivity contribution is -0.118. The van der Waals surface area contributed by atoms with Gasteiger partial charge in [0.2, 0.25) is 0 Å². The van der Waals surface area contributed by atoms with Crippen LogP contribution in [0.2, 0.25) is 0 Å². The molecule has 3 rings (SSSR count). The molecule has 11 nitrogen and oxygen atoms in total. The number of nitrogens with zero attached hydrogens (tertiary/aromatic N) is 2. The summed E-state index contributed by atoms with van der Waals surface area (Å²) in [6, 6.07) is 4.83. The van der Waals surface area contributed by atoms with Crippen LogP contribution in [0.25, 0.3) is 0 Å². The Labute approximate surface area is 217 Å². The number of carbonyl (C=O) groups is 2. The number of aliphatic imine (C=N–C) groups is 1. The average Bonchev–Trinajstić information content (AvgIpc) is 3.47. The second kappa shape index (κ2) is 12.5. The standard InChI is InChI=1S/C26H37N5O6/c1-6-9-27-14-19-21(32)11-18(35-5)12-22(19)36-15-24(33)28-23-13-20(30-31-23)16-7-8-17(10-16)37-25(34)29-26(2,3)4/h11-14,16-17,32H,6-10,15H2,1-5H3,(H,29,34)(H2,28,30,31,33)/t16-,17?/m0/s1. The first-order valence-corrected chi connectivity index (χ1v) is 12.5. The van der Waals surface area contributed by atoms with E-state index in [-0.39, 0.29) is 35.7 Å². The number of H-pyrrole nitrogens is 1. The highest BCUT2D eigenvalue weighted by molar-refractivity contribution is 5.92. The molecule has 202 valence electrons. The van der Waals surface area contributed by atoms with Gasteiger partial charge < -0.3 is 30.0 Å². The van der Waals surface area contributed by atoms with Crippen molar-refractivity contribution >= 4 is 24.0 Å². The summed E-state index contributed by atoms with van der Waals surface area (Å²) in [5.41, 5.74) is 0.885. The van der Waals surface area contributed by atoms with Gasteiger partial charge in [0.05, 0.1) is 12.7 Å². The predicted molar refractivity (Wildman–Crippen MR) is 140 cm³/mol.